The van der Waals surface area contributed by atoms with Crippen molar-refractivity contribution >= 4 is 5.97 Å². The van der Waals surface area contributed by atoms with Gasteiger partial charge in [-0.2, -0.15) is 0 Å². The third-order valence-corrected chi connectivity index (χ3v) is 1.43. The lowest BCUT2D eigenvalue weighted by Gasteiger charge is -2.17. The third kappa shape index (κ3) is 3.45. The second kappa shape index (κ2) is 4.28. The lowest BCUT2D eigenvalue weighted by atomic mass is 10.1. The van der Waals surface area contributed by atoms with Crippen LogP contribution in [0, 0.1) is 0 Å². The maximum Gasteiger partial charge on any atom is 0.302 e. The Morgan fingerprint density at radius 1 is 1.70 bits per heavy atom. The molecule has 0 aromatic heterocycles. The summed E-state index contributed by atoms with van der Waals surface area (Å²) in [6.45, 7) is 5.15. The summed E-state index contributed by atoms with van der Waals surface area (Å²) in [5, 5.41) is 0. The SMILES string of the molecule is CCC(N)C(C)OC(C)=O. The molecule has 0 bridgehead atoms. The first-order valence-corrected chi connectivity index (χ1v) is 3.50. The van der Waals surface area contributed by atoms with Crippen molar-refractivity contribution in [2.75, 3.05) is 0 Å². The molecule has 0 aliphatic carbocycles. The number of hydrogen-bond donors (Lipinski definition) is 1. The number of carbonyl (C=O) groups is 1. The van der Waals surface area contributed by atoms with Gasteiger partial charge in [0.15, 0.2) is 0 Å². The minimum atomic E-state index is -0.267. The van der Waals surface area contributed by atoms with E-state index in [0.717, 1.165) is 6.42 Å². The van der Waals surface area contributed by atoms with Crippen LogP contribution in [-0.4, -0.2) is 18.1 Å². The van der Waals surface area contributed by atoms with Gasteiger partial charge in [-0.15, -0.1) is 0 Å². The Bertz CT molecular complexity index is 114. The van der Waals surface area contributed by atoms with E-state index in [-0.39, 0.29) is 18.1 Å². The van der Waals surface area contributed by atoms with Crippen LogP contribution < -0.4 is 5.73 Å². The molecule has 2 atom stereocenters. The zero-order valence-corrected chi connectivity index (χ0v) is 6.76. The molecule has 2 unspecified atom stereocenters. The summed E-state index contributed by atoms with van der Waals surface area (Å²) in [5.41, 5.74) is 5.59. The van der Waals surface area contributed by atoms with Crippen molar-refractivity contribution in [3.05, 3.63) is 0 Å². The Hall–Kier alpha value is -0.570. The molecule has 0 saturated carbocycles. The molecule has 0 rings (SSSR count). The number of ether oxygens (including phenoxy) is 1. The average molecular weight is 145 g/mol. The molecule has 0 heterocycles. The van der Waals surface area contributed by atoms with Crippen molar-refractivity contribution in [1.82, 2.24) is 0 Å². The number of nitrogens with two attached hydrogens (primary N) is 1. The van der Waals surface area contributed by atoms with Crippen molar-refractivity contribution in [3.8, 4) is 0 Å². The van der Waals surface area contributed by atoms with Crippen LogP contribution in [0.3, 0.4) is 0 Å². The summed E-state index contributed by atoms with van der Waals surface area (Å²) in [5.74, 6) is -0.267. The number of hydrogen-bond acceptors (Lipinski definition) is 3. The number of carbonyl (C=O) groups excluding carboxylic acids is 1. The van der Waals surface area contributed by atoms with Crippen molar-refractivity contribution in [3.63, 3.8) is 0 Å². The van der Waals surface area contributed by atoms with Crippen LogP contribution >= 0.6 is 0 Å². The minimum Gasteiger partial charge on any atom is -0.461 e. The second-order valence-electron chi connectivity index (χ2n) is 2.39. The minimum absolute atomic E-state index is 0.0381. The molecule has 0 radical (unpaired) electrons. The highest BCUT2D eigenvalue weighted by Crippen LogP contribution is 1.99. The predicted molar refractivity (Wildman–Crippen MR) is 39.5 cm³/mol. The Kier molecular flexibility index (Phi) is 4.03. The molecule has 0 fully saturated rings. The van der Waals surface area contributed by atoms with Gasteiger partial charge in [0.1, 0.15) is 6.10 Å². The van der Waals surface area contributed by atoms with Crippen LogP contribution in [0.4, 0.5) is 0 Å². The molecule has 0 aliphatic rings. The lowest BCUT2D eigenvalue weighted by molar-refractivity contribution is -0.146. The smallest absolute Gasteiger partial charge is 0.302 e. The highest BCUT2D eigenvalue weighted by molar-refractivity contribution is 5.66. The van der Waals surface area contributed by atoms with Crippen molar-refractivity contribution in [1.29, 1.82) is 0 Å². The molecule has 0 aromatic rings. The molecule has 10 heavy (non-hydrogen) atoms. The molecule has 0 aromatic carbocycles. The molecule has 3 heteroatoms. The Morgan fingerprint density at radius 3 is 2.50 bits per heavy atom. The van der Waals surface area contributed by atoms with Crippen LogP contribution in [0.5, 0.6) is 0 Å². The van der Waals surface area contributed by atoms with E-state index < -0.39 is 0 Å². The Balaban J connectivity index is 3.61. The summed E-state index contributed by atoms with van der Waals surface area (Å²) in [7, 11) is 0. The summed E-state index contributed by atoms with van der Waals surface area (Å²) in [4.78, 5) is 10.4. The maximum atomic E-state index is 10.4. The van der Waals surface area contributed by atoms with Crippen molar-refractivity contribution in [2.45, 2.75) is 39.3 Å². The summed E-state index contributed by atoms with van der Waals surface area (Å²) < 4.78 is 4.84. The van der Waals surface area contributed by atoms with Gasteiger partial charge in [0, 0.05) is 13.0 Å². The number of rotatable bonds is 3. The van der Waals surface area contributed by atoms with Gasteiger partial charge in [0.05, 0.1) is 0 Å². The van der Waals surface area contributed by atoms with Crippen LogP contribution in [0.25, 0.3) is 0 Å². The maximum absolute atomic E-state index is 10.4. The number of esters is 1. The van der Waals surface area contributed by atoms with Gasteiger partial charge in [-0.3, -0.25) is 4.79 Å². The Labute approximate surface area is 61.5 Å². The highest BCUT2D eigenvalue weighted by Gasteiger charge is 2.12. The molecule has 2 N–H and O–H groups in total. The lowest BCUT2D eigenvalue weighted by Crippen LogP contribution is -2.34. The van der Waals surface area contributed by atoms with Gasteiger partial charge in [-0.05, 0) is 13.3 Å². The average Bonchev–Trinajstić information content (AvgIpc) is 1.85. The fourth-order valence-corrected chi connectivity index (χ4v) is 0.681. The van der Waals surface area contributed by atoms with Gasteiger partial charge in [0.2, 0.25) is 0 Å². The second-order valence-corrected chi connectivity index (χ2v) is 2.39. The van der Waals surface area contributed by atoms with E-state index in [1.807, 2.05) is 6.92 Å². The first kappa shape index (κ1) is 9.43. The predicted octanol–water partition coefficient (Wildman–Crippen LogP) is 0.675. The standard InChI is InChI=1S/C7H15NO2/c1-4-7(8)5(2)10-6(3)9/h5,7H,4,8H2,1-3H3. The van der Waals surface area contributed by atoms with Crippen molar-refractivity contribution < 1.29 is 9.53 Å². The van der Waals surface area contributed by atoms with E-state index in [1.165, 1.54) is 6.92 Å². The normalized spacial score (nSPS) is 16.0. The molecular formula is C7H15NO2. The van der Waals surface area contributed by atoms with Crippen LogP contribution in [0.2, 0.25) is 0 Å². The van der Waals surface area contributed by atoms with E-state index >= 15 is 0 Å². The van der Waals surface area contributed by atoms with E-state index in [2.05, 4.69) is 0 Å². The van der Waals surface area contributed by atoms with E-state index in [9.17, 15) is 4.79 Å². The Morgan fingerprint density at radius 2 is 2.20 bits per heavy atom. The quantitative estimate of drug-likeness (QED) is 0.594. The molecule has 0 aliphatic heterocycles. The molecule has 0 spiro atoms. The van der Waals surface area contributed by atoms with Crippen LogP contribution in [-0.2, 0) is 9.53 Å². The monoisotopic (exact) mass is 145 g/mol. The summed E-state index contributed by atoms with van der Waals surface area (Å²) in [6.07, 6.45) is 0.663. The summed E-state index contributed by atoms with van der Waals surface area (Å²) in [6, 6.07) is -0.0381. The van der Waals surface area contributed by atoms with E-state index in [0.29, 0.717) is 0 Å². The molecule has 0 amide bonds. The van der Waals surface area contributed by atoms with Gasteiger partial charge in [-0.1, -0.05) is 6.92 Å². The van der Waals surface area contributed by atoms with Gasteiger partial charge in [-0.25, -0.2) is 0 Å². The van der Waals surface area contributed by atoms with Crippen LogP contribution in [0.1, 0.15) is 27.2 Å². The van der Waals surface area contributed by atoms with Gasteiger partial charge >= 0.3 is 5.97 Å². The van der Waals surface area contributed by atoms with Crippen LogP contribution in [0.15, 0.2) is 0 Å². The van der Waals surface area contributed by atoms with Crippen molar-refractivity contribution in [2.24, 2.45) is 5.73 Å². The van der Waals surface area contributed by atoms with E-state index in [1.54, 1.807) is 6.92 Å². The fourth-order valence-electron chi connectivity index (χ4n) is 0.681. The summed E-state index contributed by atoms with van der Waals surface area (Å²) >= 11 is 0. The topological polar surface area (TPSA) is 52.3 Å². The largest absolute Gasteiger partial charge is 0.461 e. The molecular weight excluding hydrogens is 130 g/mol. The first-order chi connectivity index (χ1) is 4.57. The molecule has 60 valence electrons. The molecule has 0 saturated heterocycles. The first-order valence-electron chi connectivity index (χ1n) is 3.50. The van der Waals surface area contributed by atoms with Gasteiger partial charge < -0.3 is 10.5 Å². The fraction of sp³-hybridized carbons (Fsp3) is 0.857. The highest BCUT2D eigenvalue weighted by atomic mass is 16.5. The van der Waals surface area contributed by atoms with E-state index in [4.69, 9.17) is 10.5 Å². The zero-order valence-electron chi connectivity index (χ0n) is 6.76. The van der Waals surface area contributed by atoms with Gasteiger partial charge in [0.25, 0.3) is 0 Å². The zero-order chi connectivity index (χ0) is 8.15. The molecule has 3 nitrogen and oxygen atoms in total. The third-order valence-electron chi connectivity index (χ3n) is 1.43.